The molecule has 0 aliphatic heterocycles. The molecule has 59 heavy (non-hydrogen) atoms. The van der Waals surface area contributed by atoms with Crippen LogP contribution < -0.4 is 9.13 Å². The predicted molar refractivity (Wildman–Crippen MR) is 245 cm³/mol. The van der Waals surface area contributed by atoms with E-state index in [1.165, 1.54) is 67.3 Å². The van der Waals surface area contributed by atoms with E-state index >= 15 is 0 Å². The molecule has 0 spiro atoms. The van der Waals surface area contributed by atoms with Gasteiger partial charge in [-0.3, -0.25) is 18.3 Å². The molecule has 2 aromatic heterocycles. The maximum absolute atomic E-state index is 3.66. The summed E-state index contributed by atoms with van der Waals surface area (Å²) in [7, 11) is 0. The Bertz CT molecular complexity index is 1860. The minimum atomic E-state index is 0. The number of imidazole rings is 2. The molecular formula is C54H72CuN4+. The van der Waals surface area contributed by atoms with E-state index in [9.17, 15) is 0 Å². The fourth-order valence-corrected chi connectivity index (χ4v) is 8.29. The van der Waals surface area contributed by atoms with Crippen molar-refractivity contribution in [3.63, 3.8) is 0 Å². The zero-order chi connectivity index (χ0) is 42.6. The van der Waals surface area contributed by atoms with Gasteiger partial charge < -0.3 is 0 Å². The maximum Gasteiger partial charge on any atom is 1.00 e. The Balaban J connectivity index is 0.000000256. The Morgan fingerprint density at radius 3 is 0.746 bits per heavy atom. The van der Waals surface area contributed by atoms with Crippen molar-refractivity contribution >= 4 is 0 Å². The van der Waals surface area contributed by atoms with E-state index in [4.69, 9.17) is 0 Å². The first-order valence-electron chi connectivity index (χ1n) is 22.0. The summed E-state index contributed by atoms with van der Waals surface area (Å²) in [6, 6.07) is 26.8. The summed E-state index contributed by atoms with van der Waals surface area (Å²) in [6.07, 6.45) is 16.0. The van der Waals surface area contributed by atoms with Crippen molar-refractivity contribution in [1.29, 1.82) is 0 Å². The van der Waals surface area contributed by atoms with Crippen LogP contribution in [0.4, 0.5) is 0 Å². The quantitative estimate of drug-likeness (QED) is 0.0664. The van der Waals surface area contributed by atoms with E-state index in [0.29, 0.717) is 47.3 Å². The summed E-state index contributed by atoms with van der Waals surface area (Å²) >= 11 is 0. The zero-order valence-corrected chi connectivity index (χ0v) is 39.9. The van der Waals surface area contributed by atoms with Crippen LogP contribution in [0.3, 0.4) is 0 Å². The van der Waals surface area contributed by atoms with Gasteiger partial charge in [0.15, 0.2) is 0 Å². The number of para-hydroxylation sites is 4. The third kappa shape index (κ3) is 10.4. The van der Waals surface area contributed by atoms with Gasteiger partial charge >= 0.3 is 17.1 Å². The fourth-order valence-electron chi connectivity index (χ4n) is 8.29. The molecule has 0 saturated carbocycles. The molecule has 0 aliphatic carbocycles. The van der Waals surface area contributed by atoms with Gasteiger partial charge in [0, 0.05) is 24.8 Å². The molecule has 0 fully saturated rings. The summed E-state index contributed by atoms with van der Waals surface area (Å²) in [4.78, 5) is 0. The van der Waals surface area contributed by atoms with Gasteiger partial charge in [-0.05, 0) is 91.9 Å². The van der Waals surface area contributed by atoms with E-state index < -0.39 is 0 Å². The number of benzene rings is 4. The SMILES string of the molecule is CC(C)c1cccc(C(C)C)c1-n1[c-][n+](-c2c(C(C)C)cccc2C(C)C)cc1.CC(C)c1cccc(C(C)C)c1-n1[c-][n+](-c2c(C(C)C)cccc2C(C)C)cc1.[Cu+]. The Morgan fingerprint density at radius 1 is 0.339 bits per heavy atom. The molecule has 2 heterocycles. The van der Waals surface area contributed by atoms with Crippen LogP contribution in [0.25, 0.3) is 22.7 Å². The molecule has 0 bridgehead atoms. The normalized spacial score (nSPS) is 11.8. The smallest absolute Gasteiger partial charge is 0.298 e. The van der Waals surface area contributed by atoms with E-state index in [1.54, 1.807) is 0 Å². The molecule has 0 N–H and O–H groups in total. The van der Waals surface area contributed by atoms with Gasteiger partial charge in [0.05, 0.1) is 22.7 Å². The Kier molecular flexibility index (Phi) is 16.4. The van der Waals surface area contributed by atoms with Gasteiger partial charge in [0.1, 0.15) is 0 Å². The second-order valence-electron chi connectivity index (χ2n) is 18.7. The Morgan fingerprint density at radius 2 is 0.542 bits per heavy atom. The number of rotatable bonds is 12. The molecule has 0 aliphatic rings. The molecule has 0 amide bonds. The van der Waals surface area contributed by atoms with Gasteiger partial charge in [-0.15, -0.1) is 0 Å². The van der Waals surface area contributed by atoms with Crippen molar-refractivity contribution in [2.24, 2.45) is 0 Å². The predicted octanol–water partition coefficient (Wildman–Crippen LogP) is 14.1. The van der Waals surface area contributed by atoms with Gasteiger partial charge in [0.25, 0.3) is 12.7 Å². The van der Waals surface area contributed by atoms with E-state index in [2.05, 4.69) is 239 Å². The molecule has 4 aromatic carbocycles. The topological polar surface area (TPSA) is 17.6 Å². The van der Waals surface area contributed by atoms with Crippen LogP contribution in [0.5, 0.6) is 0 Å². The molecule has 0 radical (unpaired) electrons. The third-order valence-electron chi connectivity index (χ3n) is 11.5. The van der Waals surface area contributed by atoms with Crippen molar-refractivity contribution < 1.29 is 26.2 Å². The van der Waals surface area contributed by atoms with Gasteiger partial charge in [0.2, 0.25) is 0 Å². The molecule has 5 heteroatoms. The standard InChI is InChI=1S/2C27H36N2.Cu/c2*1-18(2)22-11-9-12-23(19(3)4)26(22)28-15-16-29(17-28)27-24(20(5)6)13-10-14-25(27)21(7)8;/h2*9-16,18-21H,1-8H3;/q;;+1. The molecule has 6 aromatic rings. The first kappa shape index (κ1) is 47.5. The maximum atomic E-state index is 3.66. The molecule has 0 saturated heterocycles. The average molecular weight is 841 g/mol. The first-order valence-corrected chi connectivity index (χ1v) is 22.0. The van der Waals surface area contributed by atoms with Crippen LogP contribution in [0.1, 0.15) is 203 Å². The zero-order valence-electron chi connectivity index (χ0n) is 38.9. The van der Waals surface area contributed by atoms with Crippen molar-refractivity contribution in [2.75, 3.05) is 0 Å². The van der Waals surface area contributed by atoms with Gasteiger partial charge in [-0.1, -0.05) is 184 Å². The van der Waals surface area contributed by atoms with Crippen LogP contribution in [0, 0.1) is 12.7 Å². The van der Waals surface area contributed by atoms with Gasteiger partial charge in [-0.25, -0.2) is 0 Å². The molecule has 318 valence electrons. The Labute approximate surface area is 369 Å². The van der Waals surface area contributed by atoms with Crippen molar-refractivity contribution in [1.82, 2.24) is 9.13 Å². The van der Waals surface area contributed by atoms with Gasteiger partial charge in [-0.2, -0.15) is 0 Å². The molecular weight excluding hydrogens is 768 g/mol. The van der Waals surface area contributed by atoms with E-state index in [1.807, 2.05) is 0 Å². The summed E-state index contributed by atoms with van der Waals surface area (Å²) in [5.41, 5.74) is 16.1. The number of hydrogen-bond acceptors (Lipinski definition) is 0. The minimum Gasteiger partial charge on any atom is -0.298 e. The summed E-state index contributed by atoms with van der Waals surface area (Å²) in [5.74, 6) is 3.68. The molecule has 6 rings (SSSR count). The van der Waals surface area contributed by atoms with Crippen LogP contribution in [-0.4, -0.2) is 9.13 Å². The van der Waals surface area contributed by atoms with Crippen molar-refractivity contribution in [2.45, 2.75) is 158 Å². The average Bonchev–Trinajstić information content (AvgIpc) is 3.87. The summed E-state index contributed by atoms with van der Waals surface area (Å²) in [5, 5.41) is 0. The van der Waals surface area contributed by atoms with Crippen LogP contribution in [0.15, 0.2) is 97.6 Å². The van der Waals surface area contributed by atoms with E-state index in [-0.39, 0.29) is 17.1 Å². The Hall–Kier alpha value is -4.18. The summed E-state index contributed by atoms with van der Waals surface area (Å²) in [6.45, 7) is 36.3. The fraction of sp³-hybridized carbons (Fsp3) is 0.444. The molecule has 0 unspecified atom stereocenters. The second kappa shape index (κ2) is 20.4. The summed E-state index contributed by atoms with van der Waals surface area (Å²) < 4.78 is 8.80. The minimum absolute atomic E-state index is 0. The molecule has 4 nitrogen and oxygen atoms in total. The molecule has 0 atom stereocenters. The monoisotopic (exact) mass is 840 g/mol. The van der Waals surface area contributed by atoms with Crippen LogP contribution in [0.2, 0.25) is 0 Å². The second-order valence-corrected chi connectivity index (χ2v) is 18.7. The van der Waals surface area contributed by atoms with E-state index in [0.717, 1.165) is 0 Å². The number of aromatic nitrogens is 4. The number of hydrogen-bond donors (Lipinski definition) is 0. The van der Waals surface area contributed by atoms with Crippen molar-refractivity contribution in [3.05, 3.63) is 155 Å². The van der Waals surface area contributed by atoms with Crippen LogP contribution >= 0.6 is 0 Å². The number of nitrogens with zero attached hydrogens (tertiary/aromatic N) is 4. The first-order chi connectivity index (χ1) is 27.4. The van der Waals surface area contributed by atoms with Crippen molar-refractivity contribution in [3.8, 4) is 22.7 Å². The van der Waals surface area contributed by atoms with Crippen LogP contribution in [-0.2, 0) is 17.1 Å². The third-order valence-corrected chi connectivity index (χ3v) is 11.5. The largest absolute Gasteiger partial charge is 1.00 e.